The summed E-state index contributed by atoms with van der Waals surface area (Å²) in [5.41, 5.74) is 4.91. The zero-order valence-electron chi connectivity index (χ0n) is 8.50. The summed E-state index contributed by atoms with van der Waals surface area (Å²) in [5, 5.41) is 2.53. The van der Waals surface area contributed by atoms with Crippen LogP contribution in [0, 0.1) is 0 Å². The van der Waals surface area contributed by atoms with E-state index < -0.39 is 17.6 Å². The van der Waals surface area contributed by atoms with E-state index in [9.17, 15) is 9.59 Å². The van der Waals surface area contributed by atoms with Gasteiger partial charge >= 0.3 is 5.97 Å². The van der Waals surface area contributed by atoms with Crippen LogP contribution in [0.15, 0.2) is 0 Å². The molecule has 1 aliphatic carbocycles. The van der Waals surface area contributed by atoms with Crippen molar-refractivity contribution >= 4 is 11.9 Å². The molecule has 1 unspecified atom stereocenters. The highest BCUT2D eigenvalue weighted by Gasteiger charge is 2.46. The van der Waals surface area contributed by atoms with Crippen LogP contribution in [0.3, 0.4) is 0 Å². The Bertz CT molecular complexity index is 248. The van der Waals surface area contributed by atoms with E-state index in [4.69, 9.17) is 10.5 Å². The van der Waals surface area contributed by atoms with Gasteiger partial charge in [-0.05, 0) is 26.7 Å². The van der Waals surface area contributed by atoms with Gasteiger partial charge in [0, 0.05) is 0 Å². The van der Waals surface area contributed by atoms with Crippen LogP contribution in [0.5, 0.6) is 0 Å². The Balaban J connectivity index is 2.36. The number of rotatable bonds is 4. The summed E-state index contributed by atoms with van der Waals surface area (Å²) in [6, 6.07) is -0.622. The summed E-state index contributed by atoms with van der Waals surface area (Å²) < 4.78 is 4.74. The normalized spacial score (nSPS) is 19.6. The zero-order chi connectivity index (χ0) is 10.8. The molecule has 5 nitrogen and oxygen atoms in total. The fourth-order valence-electron chi connectivity index (χ4n) is 1.03. The fourth-order valence-corrected chi connectivity index (χ4v) is 1.03. The van der Waals surface area contributed by atoms with E-state index in [1.807, 2.05) is 0 Å². The molecule has 0 saturated heterocycles. The summed E-state index contributed by atoms with van der Waals surface area (Å²) in [6.45, 7) is 3.62. The number of carbonyl (C=O) groups is 2. The van der Waals surface area contributed by atoms with Crippen molar-refractivity contribution in [3.63, 3.8) is 0 Å². The van der Waals surface area contributed by atoms with E-state index in [0.717, 1.165) is 0 Å². The summed E-state index contributed by atoms with van der Waals surface area (Å²) >= 11 is 0. The number of hydrogen-bond acceptors (Lipinski definition) is 4. The van der Waals surface area contributed by atoms with Crippen molar-refractivity contribution in [2.45, 2.75) is 38.3 Å². The second kappa shape index (κ2) is 3.96. The van der Waals surface area contributed by atoms with Gasteiger partial charge in [-0.2, -0.15) is 0 Å². The summed E-state index contributed by atoms with van der Waals surface area (Å²) in [4.78, 5) is 22.6. The first-order valence-electron chi connectivity index (χ1n) is 4.76. The van der Waals surface area contributed by atoms with Gasteiger partial charge in [0.1, 0.15) is 6.04 Å². The average molecular weight is 200 g/mol. The maximum atomic E-state index is 11.4. The monoisotopic (exact) mass is 200 g/mol. The number of ether oxygens (including phenoxy) is 1. The predicted octanol–water partition coefficient (Wildman–Crippen LogP) is -0.454. The lowest BCUT2D eigenvalue weighted by Gasteiger charge is -2.15. The molecule has 1 aliphatic rings. The van der Waals surface area contributed by atoms with Crippen molar-refractivity contribution in [3.05, 3.63) is 0 Å². The maximum Gasteiger partial charge on any atom is 0.328 e. The SMILES string of the molecule is CCOC(=O)C(C)NC(=O)C1(N)CC1. The lowest BCUT2D eigenvalue weighted by atomic mass is 10.2. The maximum absolute atomic E-state index is 11.4. The Hall–Kier alpha value is -1.10. The molecule has 1 saturated carbocycles. The Morgan fingerprint density at radius 1 is 1.57 bits per heavy atom. The van der Waals surface area contributed by atoms with Gasteiger partial charge < -0.3 is 15.8 Å². The first-order valence-corrected chi connectivity index (χ1v) is 4.76. The number of nitrogens with two attached hydrogens (primary N) is 1. The van der Waals surface area contributed by atoms with Crippen LogP contribution in [0.25, 0.3) is 0 Å². The third kappa shape index (κ3) is 2.45. The smallest absolute Gasteiger partial charge is 0.328 e. The van der Waals surface area contributed by atoms with Gasteiger partial charge in [0.25, 0.3) is 0 Å². The molecule has 0 aliphatic heterocycles. The van der Waals surface area contributed by atoms with Crippen molar-refractivity contribution in [3.8, 4) is 0 Å². The van der Waals surface area contributed by atoms with Crippen LogP contribution < -0.4 is 11.1 Å². The van der Waals surface area contributed by atoms with Crippen molar-refractivity contribution in [1.29, 1.82) is 0 Å². The van der Waals surface area contributed by atoms with E-state index in [1.54, 1.807) is 13.8 Å². The first kappa shape index (κ1) is 11.0. The molecule has 0 radical (unpaired) electrons. The number of esters is 1. The van der Waals surface area contributed by atoms with Crippen LogP contribution in [0.1, 0.15) is 26.7 Å². The van der Waals surface area contributed by atoms with E-state index >= 15 is 0 Å². The summed E-state index contributed by atoms with van der Waals surface area (Å²) in [7, 11) is 0. The molecule has 0 heterocycles. The largest absolute Gasteiger partial charge is 0.464 e. The molecule has 1 atom stereocenters. The molecule has 0 aromatic heterocycles. The minimum absolute atomic E-state index is 0.266. The minimum atomic E-state index is -0.735. The number of nitrogens with one attached hydrogen (secondary N) is 1. The molecule has 14 heavy (non-hydrogen) atoms. The van der Waals surface area contributed by atoms with Crippen molar-refractivity contribution in [2.24, 2.45) is 5.73 Å². The standard InChI is InChI=1S/C9H16N2O3/c1-3-14-7(12)6(2)11-8(13)9(10)4-5-9/h6H,3-5,10H2,1-2H3,(H,11,13). The fraction of sp³-hybridized carbons (Fsp3) is 0.778. The Kier molecular flexibility index (Phi) is 3.10. The second-order valence-corrected chi connectivity index (χ2v) is 3.60. The van der Waals surface area contributed by atoms with Crippen molar-refractivity contribution in [2.75, 3.05) is 6.61 Å². The Labute approximate surface area is 83.0 Å². The molecule has 0 aromatic carbocycles. The minimum Gasteiger partial charge on any atom is -0.464 e. The molecule has 3 N–H and O–H groups in total. The van der Waals surface area contributed by atoms with Gasteiger partial charge in [-0.3, -0.25) is 4.79 Å². The topological polar surface area (TPSA) is 81.4 Å². The lowest BCUT2D eigenvalue weighted by molar-refractivity contribution is -0.147. The van der Waals surface area contributed by atoms with Crippen molar-refractivity contribution < 1.29 is 14.3 Å². The Morgan fingerprint density at radius 3 is 2.57 bits per heavy atom. The summed E-state index contributed by atoms with van der Waals surface area (Å²) in [6.07, 6.45) is 1.38. The van der Waals surface area contributed by atoms with E-state index in [0.29, 0.717) is 19.4 Å². The molecule has 0 bridgehead atoms. The number of amides is 1. The number of carbonyl (C=O) groups excluding carboxylic acids is 2. The summed E-state index contributed by atoms with van der Waals surface area (Å²) in [5.74, 6) is -0.692. The van der Waals surface area contributed by atoms with Gasteiger partial charge in [0.05, 0.1) is 12.1 Å². The van der Waals surface area contributed by atoms with E-state index in [-0.39, 0.29) is 5.91 Å². The highest BCUT2D eigenvalue weighted by Crippen LogP contribution is 2.32. The quantitative estimate of drug-likeness (QED) is 0.602. The number of hydrogen-bond donors (Lipinski definition) is 2. The molecule has 1 fully saturated rings. The van der Waals surface area contributed by atoms with E-state index in [2.05, 4.69) is 5.32 Å². The van der Waals surface area contributed by atoms with Gasteiger partial charge in [0.15, 0.2) is 0 Å². The molecule has 1 amide bonds. The van der Waals surface area contributed by atoms with Crippen LogP contribution >= 0.6 is 0 Å². The van der Waals surface area contributed by atoms with Gasteiger partial charge in [-0.25, -0.2) is 4.79 Å². The highest BCUT2D eigenvalue weighted by molar-refractivity contribution is 5.92. The van der Waals surface area contributed by atoms with Gasteiger partial charge in [-0.15, -0.1) is 0 Å². The van der Waals surface area contributed by atoms with Crippen molar-refractivity contribution in [1.82, 2.24) is 5.32 Å². The molecule has 0 aromatic rings. The van der Waals surface area contributed by atoms with Gasteiger partial charge in [0.2, 0.25) is 5.91 Å². The van der Waals surface area contributed by atoms with Crippen LogP contribution in [0.4, 0.5) is 0 Å². The lowest BCUT2D eigenvalue weighted by Crippen LogP contribution is -2.49. The van der Waals surface area contributed by atoms with Gasteiger partial charge in [-0.1, -0.05) is 0 Å². The average Bonchev–Trinajstić information content (AvgIpc) is 2.85. The van der Waals surface area contributed by atoms with E-state index in [1.165, 1.54) is 0 Å². The molecular formula is C9H16N2O3. The molecular weight excluding hydrogens is 184 g/mol. The third-order valence-electron chi connectivity index (χ3n) is 2.23. The highest BCUT2D eigenvalue weighted by atomic mass is 16.5. The van der Waals surface area contributed by atoms with Crippen LogP contribution in [-0.2, 0) is 14.3 Å². The van der Waals surface area contributed by atoms with Crippen LogP contribution in [-0.4, -0.2) is 30.1 Å². The molecule has 5 heteroatoms. The second-order valence-electron chi connectivity index (χ2n) is 3.60. The molecule has 1 rings (SSSR count). The molecule has 80 valence electrons. The van der Waals surface area contributed by atoms with Crippen LogP contribution in [0.2, 0.25) is 0 Å². The predicted molar refractivity (Wildman–Crippen MR) is 50.4 cm³/mol. The third-order valence-corrected chi connectivity index (χ3v) is 2.23. The first-order chi connectivity index (χ1) is 6.49. The molecule has 0 spiro atoms. The Morgan fingerprint density at radius 2 is 2.14 bits per heavy atom. The zero-order valence-corrected chi connectivity index (χ0v) is 8.50.